The zero-order valence-corrected chi connectivity index (χ0v) is 11.5. The van der Waals surface area contributed by atoms with Gasteiger partial charge in [0.25, 0.3) is 0 Å². The van der Waals surface area contributed by atoms with Crippen molar-refractivity contribution >= 4 is 11.6 Å². The van der Waals surface area contributed by atoms with Crippen LogP contribution in [0.25, 0.3) is 17.1 Å². The van der Waals surface area contributed by atoms with Gasteiger partial charge in [-0.25, -0.2) is 4.39 Å². The van der Waals surface area contributed by atoms with Crippen LogP contribution in [0.5, 0.6) is 0 Å². The van der Waals surface area contributed by atoms with E-state index in [2.05, 4.69) is 10.2 Å². The Morgan fingerprint density at radius 1 is 1.00 bits per heavy atom. The van der Waals surface area contributed by atoms with Crippen molar-refractivity contribution in [3.05, 3.63) is 65.2 Å². The first-order valence-corrected chi connectivity index (χ1v) is 6.48. The summed E-state index contributed by atoms with van der Waals surface area (Å²) in [6.07, 6.45) is 0. The molecule has 2 aromatic carbocycles. The summed E-state index contributed by atoms with van der Waals surface area (Å²) in [6, 6.07) is 14.4. The van der Waals surface area contributed by atoms with E-state index in [4.69, 9.17) is 11.6 Å². The molecule has 20 heavy (non-hydrogen) atoms. The van der Waals surface area contributed by atoms with Gasteiger partial charge in [-0.1, -0.05) is 36.4 Å². The fourth-order valence-corrected chi connectivity index (χ4v) is 2.30. The zero-order valence-electron chi connectivity index (χ0n) is 10.7. The van der Waals surface area contributed by atoms with E-state index in [1.165, 1.54) is 6.07 Å². The highest BCUT2D eigenvalue weighted by atomic mass is 35.5. The molecule has 0 aliphatic heterocycles. The second-order valence-electron chi connectivity index (χ2n) is 4.38. The molecule has 0 fully saturated rings. The smallest absolute Gasteiger partial charge is 0.229 e. The van der Waals surface area contributed by atoms with Gasteiger partial charge in [0, 0.05) is 11.1 Å². The summed E-state index contributed by atoms with van der Waals surface area (Å²) in [7, 11) is 0. The summed E-state index contributed by atoms with van der Waals surface area (Å²) < 4.78 is 15.4. The maximum atomic E-state index is 13.7. The summed E-state index contributed by atoms with van der Waals surface area (Å²) >= 11 is 6.12. The molecule has 0 spiro atoms. The molecular weight excluding hydrogens is 277 g/mol. The first-order chi connectivity index (χ1) is 9.68. The van der Waals surface area contributed by atoms with E-state index in [-0.39, 0.29) is 11.1 Å². The molecule has 3 rings (SSSR count). The lowest BCUT2D eigenvalue weighted by molar-refractivity contribution is 0.617. The topological polar surface area (TPSA) is 30.7 Å². The van der Waals surface area contributed by atoms with Gasteiger partial charge in [-0.15, -0.1) is 10.2 Å². The summed E-state index contributed by atoms with van der Waals surface area (Å²) in [5, 5.41) is 8.19. The Kier molecular flexibility index (Phi) is 3.24. The van der Waals surface area contributed by atoms with Crippen LogP contribution < -0.4 is 0 Å². The average Bonchev–Trinajstić information content (AvgIpc) is 2.85. The van der Waals surface area contributed by atoms with Gasteiger partial charge in [0.15, 0.2) is 5.82 Å². The number of rotatable bonds is 2. The molecule has 100 valence electrons. The minimum absolute atomic E-state index is 0.206. The van der Waals surface area contributed by atoms with E-state index < -0.39 is 0 Å². The highest BCUT2D eigenvalue weighted by Gasteiger charge is 2.16. The summed E-state index contributed by atoms with van der Waals surface area (Å²) in [5.74, 6) is 0.301. The molecule has 0 saturated carbocycles. The lowest BCUT2D eigenvalue weighted by atomic mass is 10.1. The quantitative estimate of drug-likeness (QED) is 0.712. The van der Waals surface area contributed by atoms with Crippen molar-refractivity contribution in [2.45, 2.75) is 6.92 Å². The van der Waals surface area contributed by atoms with Gasteiger partial charge in [0.05, 0.1) is 5.69 Å². The van der Waals surface area contributed by atoms with E-state index in [0.717, 1.165) is 5.56 Å². The molecule has 5 heteroatoms. The molecule has 0 aliphatic carbocycles. The molecule has 0 atom stereocenters. The molecule has 0 bridgehead atoms. The fraction of sp³-hybridized carbons (Fsp3) is 0.0667. The van der Waals surface area contributed by atoms with Crippen molar-refractivity contribution in [3.63, 3.8) is 0 Å². The lowest BCUT2D eigenvalue weighted by Crippen LogP contribution is -2.01. The molecule has 0 radical (unpaired) electrons. The van der Waals surface area contributed by atoms with Crippen molar-refractivity contribution in [2.75, 3.05) is 0 Å². The number of hydrogen-bond acceptors (Lipinski definition) is 2. The highest BCUT2D eigenvalue weighted by molar-refractivity contribution is 6.28. The monoisotopic (exact) mass is 287 g/mol. The van der Waals surface area contributed by atoms with Crippen LogP contribution in [0.2, 0.25) is 5.28 Å². The van der Waals surface area contributed by atoms with Gasteiger partial charge in [-0.2, -0.15) is 0 Å². The van der Waals surface area contributed by atoms with Crippen molar-refractivity contribution in [1.82, 2.24) is 14.8 Å². The highest BCUT2D eigenvalue weighted by Crippen LogP contribution is 2.27. The van der Waals surface area contributed by atoms with Crippen LogP contribution in [-0.4, -0.2) is 14.8 Å². The third-order valence-corrected chi connectivity index (χ3v) is 3.38. The predicted octanol–water partition coefficient (Wildman–Crippen LogP) is 4.04. The first-order valence-electron chi connectivity index (χ1n) is 6.10. The van der Waals surface area contributed by atoms with Gasteiger partial charge in [-0.3, -0.25) is 4.57 Å². The van der Waals surface area contributed by atoms with E-state index in [0.29, 0.717) is 17.1 Å². The predicted molar refractivity (Wildman–Crippen MR) is 76.5 cm³/mol. The van der Waals surface area contributed by atoms with Crippen LogP contribution in [0.1, 0.15) is 5.56 Å². The van der Waals surface area contributed by atoms with Crippen LogP contribution >= 0.6 is 11.6 Å². The van der Waals surface area contributed by atoms with Crippen LogP contribution in [-0.2, 0) is 0 Å². The normalized spacial score (nSPS) is 10.8. The molecule has 0 aliphatic rings. The fourth-order valence-electron chi connectivity index (χ4n) is 2.09. The van der Waals surface area contributed by atoms with Crippen LogP contribution in [0.3, 0.4) is 0 Å². The SMILES string of the molecule is Cc1c(F)cccc1-n1c(Cl)nnc1-c1ccccc1. The molecular formula is C15H11ClFN3. The molecule has 0 amide bonds. The largest absolute Gasteiger partial charge is 0.265 e. The Labute approximate surface area is 120 Å². The van der Waals surface area contributed by atoms with Crippen molar-refractivity contribution in [2.24, 2.45) is 0 Å². The van der Waals surface area contributed by atoms with Crippen LogP contribution in [0.4, 0.5) is 4.39 Å². The van der Waals surface area contributed by atoms with Crippen molar-refractivity contribution < 1.29 is 4.39 Å². The molecule has 0 unspecified atom stereocenters. The summed E-state index contributed by atoms with van der Waals surface area (Å²) in [4.78, 5) is 0. The molecule has 3 aromatic rings. The molecule has 1 heterocycles. The van der Waals surface area contributed by atoms with Crippen LogP contribution in [0.15, 0.2) is 48.5 Å². The van der Waals surface area contributed by atoms with Crippen LogP contribution in [0, 0.1) is 12.7 Å². The van der Waals surface area contributed by atoms with E-state index in [1.54, 1.807) is 23.6 Å². The molecule has 0 N–H and O–H groups in total. The average molecular weight is 288 g/mol. The second-order valence-corrected chi connectivity index (χ2v) is 4.72. The molecule has 3 nitrogen and oxygen atoms in total. The summed E-state index contributed by atoms with van der Waals surface area (Å²) in [5.41, 5.74) is 2.01. The maximum absolute atomic E-state index is 13.7. The number of benzene rings is 2. The zero-order chi connectivity index (χ0) is 14.1. The number of aromatic nitrogens is 3. The third-order valence-electron chi connectivity index (χ3n) is 3.14. The molecule has 0 saturated heterocycles. The standard InChI is InChI=1S/C15H11ClFN3/c1-10-12(17)8-5-9-13(10)20-14(18-19-15(20)16)11-6-3-2-4-7-11/h2-9H,1H3. The van der Waals surface area contributed by atoms with Gasteiger partial charge >= 0.3 is 0 Å². The lowest BCUT2D eigenvalue weighted by Gasteiger charge is -2.11. The first kappa shape index (κ1) is 12.8. The van der Waals surface area contributed by atoms with Crippen molar-refractivity contribution in [1.29, 1.82) is 0 Å². The Morgan fingerprint density at radius 3 is 2.50 bits per heavy atom. The van der Waals surface area contributed by atoms with E-state index in [1.807, 2.05) is 30.3 Å². The van der Waals surface area contributed by atoms with Gasteiger partial charge < -0.3 is 0 Å². The number of halogens is 2. The minimum Gasteiger partial charge on any atom is -0.265 e. The maximum Gasteiger partial charge on any atom is 0.229 e. The minimum atomic E-state index is -0.286. The summed E-state index contributed by atoms with van der Waals surface area (Å²) in [6.45, 7) is 1.70. The Bertz CT molecular complexity index is 753. The van der Waals surface area contributed by atoms with E-state index in [9.17, 15) is 4.39 Å². The number of hydrogen-bond donors (Lipinski definition) is 0. The third kappa shape index (κ3) is 2.08. The Morgan fingerprint density at radius 2 is 1.75 bits per heavy atom. The number of nitrogens with zero attached hydrogens (tertiary/aromatic N) is 3. The van der Waals surface area contributed by atoms with E-state index >= 15 is 0 Å². The molecule has 1 aromatic heterocycles. The van der Waals surface area contributed by atoms with Crippen molar-refractivity contribution in [3.8, 4) is 17.1 Å². The Hall–Kier alpha value is -2.20. The van der Waals surface area contributed by atoms with Gasteiger partial charge in [0.1, 0.15) is 5.82 Å². The van der Waals surface area contributed by atoms with Gasteiger partial charge in [-0.05, 0) is 30.7 Å². The second kappa shape index (κ2) is 5.06. The Balaban J connectivity index is 2.25. The van der Waals surface area contributed by atoms with Gasteiger partial charge in [0.2, 0.25) is 5.28 Å².